The van der Waals surface area contributed by atoms with Gasteiger partial charge in [-0.3, -0.25) is 29.0 Å². The second-order valence-electron chi connectivity index (χ2n) is 7.62. The maximum absolute atomic E-state index is 12.8. The molecule has 0 spiro atoms. The maximum Gasteiger partial charge on any atom is 0.326 e. The number of rotatable bonds is 18. The Balaban J connectivity index is 5.37. The molecule has 17 heteroatoms. The Morgan fingerprint density at radius 2 is 1.22 bits per heavy atom. The highest BCUT2D eigenvalue weighted by molar-refractivity contribution is 5.94. The minimum Gasteiger partial charge on any atom is -0.481 e. The first-order chi connectivity index (χ1) is 16.8. The summed E-state index contributed by atoms with van der Waals surface area (Å²) in [6.45, 7) is -0.865. The van der Waals surface area contributed by atoms with Crippen molar-refractivity contribution in [2.75, 3.05) is 13.2 Å². The molecular weight excluding hydrogens is 486 g/mol. The van der Waals surface area contributed by atoms with Crippen LogP contribution in [-0.2, 0) is 28.8 Å². The zero-order valence-electron chi connectivity index (χ0n) is 19.4. The second kappa shape index (κ2) is 16.6. The van der Waals surface area contributed by atoms with Gasteiger partial charge in [-0.2, -0.15) is 0 Å². The quantitative estimate of drug-likeness (QED) is 0.0465. The summed E-state index contributed by atoms with van der Waals surface area (Å²) in [7, 11) is 0. The van der Waals surface area contributed by atoms with E-state index in [1.54, 1.807) is 0 Å². The van der Waals surface area contributed by atoms with Gasteiger partial charge < -0.3 is 53.6 Å². The summed E-state index contributed by atoms with van der Waals surface area (Å²) in [6.07, 6.45) is -1.46. The maximum atomic E-state index is 12.8. The van der Waals surface area contributed by atoms with Crippen LogP contribution in [0.15, 0.2) is 4.99 Å². The molecule has 4 unspecified atom stereocenters. The fraction of sp³-hybridized carbons (Fsp3) is 0.632. The fourth-order valence-electron chi connectivity index (χ4n) is 2.73. The monoisotopic (exact) mass is 519 g/mol. The first-order valence-electron chi connectivity index (χ1n) is 10.8. The van der Waals surface area contributed by atoms with Gasteiger partial charge in [0.25, 0.3) is 0 Å². The number of hydrogen-bond donors (Lipinski definition) is 10. The highest BCUT2D eigenvalue weighted by Crippen LogP contribution is 2.04. The van der Waals surface area contributed by atoms with Crippen molar-refractivity contribution < 1.29 is 49.2 Å². The van der Waals surface area contributed by atoms with Crippen LogP contribution in [0.4, 0.5) is 0 Å². The summed E-state index contributed by atoms with van der Waals surface area (Å²) in [4.78, 5) is 73.9. The van der Waals surface area contributed by atoms with Crippen LogP contribution < -0.4 is 33.2 Å². The Bertz CT molecular complexity index is 831. The van der Waals surface area contributed by atoms with Gasteiger partial charge in [0.1, 0.15) is 18.1 Å². The van der Waals surface area contributed by atoms with Gasteiger partial charge in [0.2, 0.25) is 17.7 Å². The topological polar surface area (TPSA) is 310 Å². The molecule has 0 fully saturated rings. The van der Waals surface area contributed by atoms with Crippen molar-refractivity contribution in [2.45, 2.75) is 62.7 Å². The molecule has 0 aliphatic carbocycles. The van der Waals surface area contributed by atoms with E-state index in [2.05, 4.69) is 15.6 Å². The number of hydrogen-bond acceptors (Lipinski definition) is 9. The molecule has 204 valence electrons. The Labute approximate surface area is 205 Å². The molecule has 0 aromatic carbocycles. The number of amides is 3. The van der Waals surface area contributed by atoms with E-state index in [4.69, 9.17) is 32.5 Å². The van der Waals surface area contributed by atoms with E-state index >= 15 is 0 Å². The third-order valence-corrected chi connectivity index (χ3v) is 4.66. The SMILES string of the molecule is NC(N)=NCCCC(NC(=O)C(N)CCC(=O)O)C(=O)NC(CO)C(=O)NC(CCC(=O)O)C(=O)O. The predicted molar refractivity (Wildman–Crippen MR) is 122 cm³/mol. The molecule has 4 atom stereocenters. The highest BCUT2D eigenvalue weighted by Gasteiger charge is 2.30. The Morgan fingerprint density at radius 1 is 0.722 bits per heavy atom. The summed E-state index contributed by atoms with van der Waals surface area (Å²) < 4.78 is 0. The summed E-state index contributed by atoms with van der Waals surface area (Å²) in [5.74, 6) is -7.08. The van der Waals surface area contributed by atoms with E-state index < -0.39 is 85.7 Å². The zero-order chi connectivity index (χ0) is 27.8. The number of nitrogens with two attached hydrogens (primary N) is 3. The third kappa shape index (κ3) is 13.7. The number of aliphatic hydroxyl groups is 1. The van der Waals surface area contributed by atoms with Crippen LogP contribution in [0.3, 0.4) is 0 Å². The van der Waals surface area contributed by atoms with Crippen molar-refractivity contribution >= 4 is 41.6 Å². The van der Waals surface area contributed by atoms with Crippen LogP contribution in [-0.4, -0.2) is 99.3 Å². The molecule has 0 aliphatic rings. The summed E-state index contributed by atoms with van der Waals surface area (Å²) in [6, 6.07) is -5.79. The van der Waals surface area contributed by atoms with E-state index in [0.717, 1.165) is 0 Å². The van der Waals surface area contributed by atoms with Crippen molar-refractivity contribution in [1.82, 2.24) is 16.0 Å². The van der Waals surface area contributed by atoms with Gasteiger partial charge in [-0.05, 0) is 25.7 Å². The molecule has 3 amide bonds. The van der Waals surface area contributed by atoms with Gasteiger partial charge in [0.05, 0.1) is 12.6 Å². The number of guanidine groups is 1. The van der Waals surface area contributed by atoms with E-state index in [0.29, 0.717) is 0 Å². The van der Waals surface area contributed by atoms with Crippen LogP contribution in [0.1, 0.15) is 38.5 Å². The number of nitrogens with one attached hydrogen (secondary N) is 3. The van der Waals surface area contributed by atoms with Gasteiger partial charge >= 0.3 is 17.9 Å². The first kappa shape index (κ1) is 32.0. The molecule has 0 bridgehead atoms. The predicted octanol–water partition coefficient (Wildman–Crippen LogP) is -4.37. The molecule has 17 nitrogen and oxygen atoms in total. The second-order valence-corrected chi connectivity index (χ2v) is 7.62. The minimum atomic E-state index is -1.64. The number of carbonyl (C=O) groups excluding carboxylic acids is 3. The zero-order valence-corrected chi connectivity index (χ0v) is 19.4. The van der Waals surface area contributed by atoms with Gasteiger partial charge in [0, 0.05) is 19.4 Å². The molecule has 0 heterocycles. The molecule has 0 rings (SSSR count). The van der Waals surface area contributed by atoms with E-state index in [1.165, 1.54) is 0 Å². The van der Waals surface area contributed by atoms with E-state index in [-0.39, 0.29) is 31.8 Å². The average molecular weight is 520 g/mol. The standard InChI is InChI=1S/C19H33N7O10/c20-9(3-5-13(28)29)15(32)24-10(2-1-7-23-19(21)22)16(33)26-12(8-27)17(34)25-11(18(35)36)4-6-14(30)31/h9-12,27H,1-8,20H2,(H,24,32)(H,25,34)(H,26,33)(H,28,29)(H,30,31)(H,35,36)(H4,21,22,23). The largest absolute Gasteiger partial charge is 0.481 e. The number of aliphatic imine (C=N–C) groups is 1. The third-order valence-electron chi connectivity index (χ3n) is 4.66. The van der Waals surface area contributed by atoms with Crippen LogP contribution >= 0.6 is 0 Å². The van der Waals surface area contributed by atoms with Crippen LogP contribution in [0.5, 0.6) is 0 Å². The normalized spacial score (nSPS) is 13.8. The van der Waals surface area contributed by atoms with Crippen molar-refractivity contribution in [2.24, 2.45) is 22.2 Å². The van der Waals surface area contributed by atoms with Crippen molar-refractivity contribution in [1.29, 1.82) is 0 Å². The summed E-state index contributed by atoms with van der Waals surface area (Å²) >= 11 is 0. The number of nitrogens with zero attached hydrogens (tertiary/aromatic N) is 1. The smallest absolute Gasteiger partial charge is 0.326 e. The molecule has 13 N–H and O–H groups in total. The van der Waals surface area contributed by atoms with E-state index in [1.807, 2.05) is 5.32 Å². The van der Waals surface area contributed by atoms with Crippen molar-refractivity contribution in [3.63, 3.8) is 0 Å². The van der Waals surface area contributed by atoms with Gasteiger partial charge in [-0.15, -0.1) is 0 Å². The molecular formula is C19H33N7O10. The lowest BCUT2D eigenvalue weighted by Crippen LogP contribution is -2.58. The Morgan fingerprint density at radius 3 is 1.72 bits per heavy atom. The molecule has 0 aromatic heterocycles. The van der Waals surface area contributed by atoms with Gasteiger partial charge in [0.15, 0.2) is 5.96 Å². The molecule has 0 saturated heterocycles. The highest BCUT2D eigenvalue weighted by atomic mass is 16.4. The van der Waals surface area contributed by atoms with Crippen LogP contribution in [0.25, 0.3) is 0 Å². The molecule has 0 saturated carbocycles. The molecule has 36 heavy (non-hydrogen) atoms. The average Bonchev–Trinajstić information content (AvgIpc) is 2.79. The molecule has 0 radical (unpaired) electrons. The fourth-order valence-corrected chi connectivity index (χ4v) is 2.73. The minimum absolute atomic E-state index is 0.0455. The van der Waals surface area contributed by atoms with Crippen LogP contribution in [0.2, 0.25) is 0 Å². The Kier molecular flexibility index (Phi) is 14.8. The molecule has 0 aliphatic heterocycles. The van der Waals surface area contributed by atoms with Gasteiger partial charge in [-0.25, -0.2) is 4.79 Å². The Hall–Kier alpha value is -3.99. The lowest BCUT2D eigenvalue weighted by atomic mass is 10.1. The lowest BCUT2D eigenvalue weighted by Gasteiger charge is -2.24. The molecule has 0 aromatic rings. The van der Waals surface area contributed by atoms with Crippen LogP contribution in [0, 0.1) is 0 Å². The van der Waals surface area contributed by atoms with Crippen molar-refractivity contribution in [3.8, 4) is 0 Å². The summed E-state index contributed by atoms with van der Waals surface area (Å²) in [5.41, 5.74) is 16.1. The number of aliphatic hydroxyl groups excluding tert-OH is 1. The first-order valence-corrected chi connectivity index (χ1v) is 10.8. The van der Waals surface area contributed by atoms with E-state index in [9.17, 15) is 33.9 Å². The number of carbonyl (C=O) groups is 6. The number of carboxylic acids is 3. The van der Waals surface area contributed by atoms with Gasteiger partial charge in [-0.1, -0.05) is 0 Å². The number of carboxylic acid groups (broad SMARTS) is 3. The number of aliphatic carboxylic acids is 3. The van der Waals surface area contributed by atoms with Crippen molar-refractivity contribution in [3.05, 3.63) is 0 Å². The summed E-state index contributed by atoms with van der Waals surface area (Å²) in [5, 5.41) is 42.7. The lowest BCUT2D eigenvalue weighted by molar-refractivity contribution is -0.144.